The zero-order chi connectivity index (χ0) is 19.6. The van der Waals surface area contributed by atoms with E-state index in [0.29, 0.717) is 12.8 Å². The molecule has 1 aliphatic rings. The molecular formula is C14H21ClF5N3O3. The number of hydrogen-bond acceptors (Lipinski definition) is 3. The lowest BCUT2D eigenvalue weighted by atomic mass is 9.95. The minimum Gasteiger partial charge on any atom is -1.00 e. The predicted molar refractivity (Wildman–Crippen MR) is 75.3 cm³/mol. The quantitative estimate of drug-likeness (QED) is 0.462. The molecule has 26 heavy (non-hydrogen) atoms. The van der Waals surface area contributed by atoms with Crippen molar-refractivity contribution in [3.63, 3.8) is 0 Å². The van der Waals surface area contributed by atoms with Crippen molar-refractivity contribution in [2.75, 3.05) is 13.1 Å². The van der Waals surface area contributed by atoms with E-state index in [1.54, 1.807) is 0 Å². The number of piperidine rings is 1. The van der Waals surface area contributed by atoms with Crippen LogP contribution in [0, 0.1) is 5.92 Å². The van der Waals surface area contributed by atoms with Crippen molar-refractivity contribution in [3.8, 4) is 0 Å². The van der Waals surface area contributed by atoms with E-state index >= 15 is 0 Å². The molecule has 152 valence electrons. The van der Waals surface area contributed by atoms with Crippen LogP contribution in [0.5, 0.6) is 0 Å². The Balaban J connectivity index is 0.00000625. The first-order chi connectivity index (χ1) is 11.3. The second kappa shape index (κ2) is 8.94. The highest BCUT2D eigenvalue weighted by molar-refractivity contribution is 5.95. The van der Waals surface area contributed by atoms with Gasteiger partial charge in [0.05, 0.1) is 12.6 Å². The van der Waals surface area contributed by atoms with Crippen molar-refractivity contribution < 1.29 is 54.5 Å². The largest absolute Gasteiger partial charge is 1.00 e. The van der Waals surface area contributed by atoms with Crippen molar-refractivity contribution in [2.45, 2.75) is 50.9 Å². The average Bonchev–Trinajstić information content (AvgIpc) is 2.47. The van der Waals surface area contributed by atoms with Crippen LogP contribution in [0.3, 0.4) is 0 Å². The highest BCUT2D eigenvalue weighted by Gasteiger charge is 2.64. The maximum atomic E-state index is 13.3. The number of nitrogens with one attached hydrogen (secondary N) is 1. The number of Topliss-reactive ketones (excluding diaryl/α,β-unsaturated/α-hetero) is 1. The summed E-state index contributed by atoms with van der Waals surface area (Å²) in [4.78, 5) is 36.6. The Morgan fingerprint density at radius 2 is 1.81 bits per heavy atom. The van der Waals surface area contributed by atoms with Gasteiger partial charge in [-0.15, -0.1) is 0 Å². The van der Waals surface area contributed by atoms with E-state index in [4.69, 9.17) is 0 Å². The molecule has 1 unspecified atom stereocenters. The van der Waals surface area contributed by atoms with Crippen molar-refractivity contribution >= 4 is 17.6 Å². The van der Waals surface area contributed by atoms with E-state index in [2.05, 4.69) is 5.73 Å². The Bertz CT molecular complexity index is 542. The number of hydrogen-bond donors (Lipinski definition) is 2. The fourth-order valence-corrected chi connectivity index (χ4v) is 2.44. The third-order valence-corrected chi connectivity index (χ3v) is 3.91. The third kappa shape index (κ3) is 5.50. The molecule has 0 radical (unpaired) electrons. The number of quaternary nitrogens is 1. The number of halogens is 6. The van der Waals surface area contributed by atoms with Crippen LogP contribution in [-0.4, -0.2) is 59.8 Å². The van der Waals surface area contributed by atoms with Crippen molar-refractivity contribution in [1.29, 1.82) is 0 Å². The topological polar surface area (TPSA) is 94.1 Å². The van der Waals surface area contributed by atoms with Gasteiger partial charge in [-0.1, -0.05) is 13.8 Å². The number of carbonyl (C=O) groups excluding carboxylic acids is 3. The van der Waals surface area contributed by atoms with Gasteiger partial charge in [0.15, 0.2) is 6.04 Å². The van der Waals surface area contributed by atoms with Gasteiger partial charge in [-0.3, -0.25) is 14.4 Å². The summed E-state index contributed by atoms with van der Waals surface area (Å²) in [5.74, 6) is -10.4. The predicted octanol–water partition coefficient (Wildman–Crippen LogP) is -2.87. The molecule has 0 aromatic heterocycles. The smallest absolute Gasteiger partial charge is 0.461 e. The number of amides is 2. The molecule has 0 bridgehead atoms. The van der Waals surface area contributed by atoms with Crippen LogP contribution >= 0.6 is 0 Å². The fourth-order valence-electron chi connectivity index (χ4n) is 2.44. The molecule has 2 atom stereocenters. The van der Waals surface area contributed by atoms with Gasteiger partial charge in [0.25, 0.3) is 5.91 Å². The van der Waals surface area contributed by atoms with Gasteiger partial charge >= 0.3 is 12.1 Å². The summed E-state index contributed by atoms with van der Waals surface area (Å²) in [6.07, 6.45) is -4.92. The molecule has 12 heteroatoms. The Hall–Kier alpha value is -1.49. The van der Waals surface area contributed by atoms with Gasteiger partial charge in [-0.25, -0.2) is 0 Å². The number of rotatable bonds is 6. The standard InChI is InChI=1S/C14H20F5N3O3.ClH/c1-7(2)10(11(24)13(15,16)14(17,18)19)21-9(23)6-22-5-3-4-8(20)12(22)25;/h7-8,10H,3-6,20H2,1-2H3,(H,21,23);1H/t8-,10?;/m0./s1. The van der Waals surface area contributed by atoms with Crippen LogP contribution < -0.4 is 23.5 Å². The van der Waals surface area contributed by atoms with E-state index in [9.17, 15) is 36.3 Å². The zero-order valence-corrected chi connectivity index (χ0v) is 15.0. The highest BCUT2D eigenvalue weighted by atomic mass is 35.5. The van der Waals surface area contributed by atoms with E-state index in [1.165, 1.54) is 13.8 Å². The molecule has 1 rings (SSSR count). The molecule has 1 fully saturated rings. The Morgan fingerprint density at radius 3 is 2.27 bits per heavy atom. The van der Waals surface area contributed by atoms with E-state index in [-0.39, 0.29) is 19.0 Å². The lowest BCUT2D eigenvalue weighted by Crippen LogP contribution is -3.00. The maximum Gasteiger partial charge on any atom is 0.461 e. The first kappa shape index (κ1) is 24.5. The summed E-state index contributed by atoms with van der Waals surface area (Å²) in [7, 11) is 0. The molecule has 1 aliphatic heterocycles. The van der Waals surface area contributed by atoms with Crippen LogP contribution in [0.25, 0.3) is 0 Å². The maximum absolute atomic E-state index is 13.3. The minimum atomic E-state index is -6.05. The van der Waals surface area contributed by atoms with E-state index < -0.39 is 54.2 Å². The molecule has 6 nitrogen and oxygen atoms in total. The number of carbonyl (C=O) groups is 3. The second-order valence-electron chi connectivity index (χ2n) is 6.32. The van der Waals surface area contributed by atoms with Crippen molar-refractivity contribution in [2.24, 2.45) is 5.92 Å². The second-order valence-corrected chi connectivity index (χ2v) is 6.32. The number of likely N-dealkylation sites (tertiary alicyclic amines) is 1. The van der Waals surface area contributed by atoms with Crippen LogP contribution in [0.1, 0.15) is 26.7 Å². The first-order valence-corrected chi connectivity index (χ1v) is 7.69. The Morgan fingerprint density at radius 1 is 1.27 bits per heavy atom. The van der Waals surface area contributed by atoms with Gasteiger partial charge in [-0.2, -0.15) is 22.0 Å². The molecule has 0 spiro atoms. The summed E-state index contributed by atoms with van der Waals surface area (Å²) in [6, 6.07) is -2.57. The van der Waals surface area contributed by atoms with Crippen LogP contribution in [0.2, 0.25) is 0 Å². The SMILES string of the molecule is CC(C)C(NC(=O)CN1CCC[C@H]([NH3+])C1=O)C(=O)C(F)(F)C(F)(F)F.[Cl-]. The Kier molecular flexibility index (Phi) is 8.42. The van der Waals surface area contributed by atoms with Crippen LogP contribution in [0.4, 0.5) is 22.0 Å². The van der Waals surface area contributed by atoms with Crippen LogP contribution in [0.15, 0.2) is 0 Å². The van der Waals surface area contributed by atoms with Crippen molar-refractivity contribution in [3.05, 3.63) is 0 Å². The molecule has 2 amide bonds. The molecule has 1 saturated heterocycles. The summed E-state index contributed by atoms with van der Waals surface area (Å²) in [5.41, 5.74) is 3.61. The fraction of sp³-hybridized carbons (Fsp3) is 0.786. The summed E-state index contributed by atoms with van der Waals surface area (Å²) < 4.78 is 63.6. The van der Waals surface area contributed by atoms with Crippen molar-refractivity contribution in [1.82, 2.24) is 10.2 Å². The summed E-state index contributed by atoms with van der Waals surface area (Å²) in [6.45, 7) is 2.18. The van der Waals surface area contributed by atoms with Gasteiger partial charge < -0.3 is 28.4 Å². The molecule has 0 saturated carbocycles. The number of alkyl halides is 5. The third-order valence-electron chi connectivity index (χ3n) is 3.91. The Labute approximate surface area is 153 Å². The molecule has 4 N–H and O–H groups in total. The first-order valence-electron chi connectivity index (χ1n) is 7.69. The normalized spacial score (nSPS) is 19.8. The van der Waals surface area contributed by atoms with Gasteiger partial charge in [0.2, 0.25) is 11.7 Å². The van der Waals surface area contributed by atoms with Gasteiger partial charge in [0.1, 0.15) is 0 Å². The minimum absolute atomic E-state index is 0. The molecule has 1 heterocycles. The number of ketones is 1. The highest BCUT2D eigenvalue weighted by Crippen LogP contribution is 2.37. The molecule has 0 aromatic rings. The molecule has 0 aliphatic carbocycles. The average molecular weight is 410 g/mol. The van der Waals surface area contributed by atoms with Gasteiger partial charge in [-0.05, 0) is 12.3 Å². The molecular weight excluding hydrogens is 389 g/mol. The van der Waals surface area contributed by atoms with E-state index in [0.717, 1.165) is 4.90 Å². The van der Waals surface area contributed by atoms with Gasteiger partial charge in [0, 0.05) is 13.0 Å². The van der Waals surface area contributed by atoms with E-state index in [1.807, 2.05) is 5.32 Å². The monoisotopic (exact) mass is 409 g/mol. The number of nitrogens with zero attached hydrogens (tertiary/aromatic N) is 1. The molecule has 0 aromatic carbocycles. The lowest BCUT2D eigenvalue weighted by Gasteiger charge is -2.30. The summed E-state index contributed by atoms with van der Waals surface area (Å²) in [5, 5.41) is 1.89. The summed E-state index contributed by atoms with van der Waals surface area (Å²) >= 11 is 0. The zero-order valence-electron chi connectivity index (χ0n) is 14.2. The lowest BCUT2D eigenvalue weighted by molar-refractivity contribution is -0.409. The van der Waals surface area contributed by atoms with Crippen LogP contribution in [-0.2, 0) is 14.4 Å².